The van der Waals surface area contributed by atoms with Crippen LogP contribution < -0.4 is 0 Å². The molecule has 0 aliphatic rings. The number of aliphatic hydroxyl groups excluding tert-OH is 1. The van der Waals surface area contributed by atoms with Crippen molar-refractivity contribution in [1.82, 2.24) is 4.98 Å². The topological polar surface area (TPSA) is 70.4 Å². The highest BCUT2D eigenvalue weighted by Gasteiger charge is 2.09. The molecule has 0 unspecified atom stereocenters. The van der Waals surface area contributed by atoms with E-state index in [9.17, 15) is 4.79 Å². The molecule has 0 aliphatic carbocycles. The smallest absolute Gasteiger partial charge is 0.356 e. The van der Waals surface area contributed by atoms with E-state index in [2.05, 4.69) is 4.98 Å². The molecule has 0 bridgehead atoms. The maximum atomic E-state index is 10.4. The lowest BCUT2D eigenvalue weighted by Gasteiger charge is -1.99. The normalized spacial score (nSPS) is 9.08. The first kappa shape index (κ1) is 12.2. The predicted octanol–water partition coefficient (Wildman–Crippen LogP) is 1.35. The van der Waals surface area contributed by atoms with E-state index >= 15 is 0 Å². The van der Waals surface area contributed by atoms with Crippen LogP contribution in [0.2, 0.25) is 5.02 Å². The first-order valence-electron chi connectivity index (χ1n) is 3.13. The molecule has 6 heteroatoms. The third-order valence-corrected chi connectivity index (χ3v) is 1.57. The molecule has 0 aliphatic heterocycles. The zero-order chi connectivity index (χ0) is 9.14. The van der Waals surface area contributed by atoms with Crippen LogP contribution in [-0.2, 0) is 6.61 Å². The van der Waals surface area contributed by atoms with E-state index in [1.54, 1.807) is 0 Å². The Morgan fingerprint density at radius 2 is 2.23 bits per heavy atom. The Hall–Kier alpha value is -0.840. The summed E-state index contributed by atoms with van der Waals surface area (Å²) in [6.07, 6.45) is 1.27. The van der Waals surface area contributed by atoms with Crippen LogP contribution >= 0.6 is 24.0 Å². The highest BCUT2D eigenvalue weighted by molar-refractivity contribution is 6.33. The maximum absolute atomic E-state index is 10.4. The SMILES string of the molecule is Cl.O=C(O)c1ncc(CO)cc1Cl. The summed E-state index contributed by atoms with van der Waals surface area (Å²) in [7, 11) is 0. The number of aromatic nitrogens is 1. The quantitative estimate of drug-likeness (QED) is 0.795. The van der Waals surface area contributed by atoms with Crippen LogP contribution in [0.25, 0.3) is 0 Å². The van der Waals surface area contributed by atoms with Crippen molar-refractivity contribution in [3.63, 3.8) is 0 Å². The van der Waals surface area contributed by atoms with Gasteiger partial charge in [-0.15, -0.1) is 12.4 Å². The van der Waals surface area contributed by atoms with Gasteiger partial charge in [0.05, 0.1) is 11.6 Å². The molecule has 1 aromatic heterocycles. The van der Waals surface area contributed by atoms with Gasteiger partial charge in [0.25, 0.3) is 0 Å². The molecule has 72 valence electrons. The van der Waals surface area contributed by atoms with Crippen LogP contribution in [0.3, 0.4) is 0 Å². The third-order valence-electron chi connectivity index (χ3n) is 1.28. The Morgan fingerprint density at radius 3 is 2.62 bits per heavy atom. The number of carboxylic acids is 1. The first-order valence-corrected chi connectivity index (χ1v) is 3.51. The van der Waals surface area contributed by atoms with Crippen molar-refractivity contribution >= 4 is 30.0 Å². The standard InChI is InChI=1S/C7H6ClNO3.ClH/c8-5-1-4(3-10)2-9-6(5)7(11)12;/h1-2,10H,3H2,(H,11,12);1H. The van der Waals surface area contributed by atoms with Gasteiger partial charge >= 0.3 is 5.97 Å². The number of aliphatic hydroxyl groups is 1. The second-order valence-corrected chi connectivity index (χ2v) is 2.54. The maximum Gasteiger partial charge on any atom is 0.356 e. The number of rotatable bonds is 2. The molecule has 1 rings (SSSR count). The van der Waals surface area contributed by atoms with E-state index in [-0.39, 0.29) is 29.7 Å². The van der Waals surface area contributed by atoms with E-state index in [1.165, 1.54) is 12.3 Å². The molecule has 0 spiro atoms. The van der Waals surface area contributed by atoms with E-state index in [1.807, 2.05) is 0 Å². The molecule has 2 N–H and O–H groups in total. The molecule has 0 fully saturated rings. The second-order valence-electron chi connectivity index (χ2n) is 2.14. The molecule has 4 nitrogen and oxygen atoms in total. The summed E-state index contributed by atoms with van der Waals surface area (Å²) in [6, 6.07) is 1.37. The van der Waals surface area contributed by atoms with Gasteiger partial charge in [0.15, 0.2) is 5.69 Å². The summed E-state index contributed by atoms with van der Waals surface area (Å²) < 4.78 is 0. The lowest BCUT2D eigenvalue weighted by Crippen LogP contribution is -2.01. The van der Waals surface area contributed by atoms with Crippen molar-refractivity contribution in [1.29, 1.82) is 0 Å². The summed E-state index contributed by atoms with van der Waals surface area (Å²) in [5.41, 5.74) is 0.291. The summed E-state index contributed by atoms with van der Waals surface area (Å²) in [5.74, 6) is -1.18. The predicted molar refractivity (Wildman–Crippen MR) is 49.4 cm³/mol. The summed E-state index contributed by atoms with van der Waals surface area (Å²) >= 11 is 5.55. The molecule has 13 heavy (non-hydrogen) atoms. The van der Waals surface area contributed by atoms with Gasteiger partial charge in [0.2, 0.25) is 0 Å². The Bertz CT molecular complexity index is 317. The number of nitrogens with zero attached hydrogens (tertiary/aromatic N) is 1. The van der Waals surface area contributed by atoms with Crippen LogP contribution in [0.5, 0.6) is 0 Å². The fourth-order valence-electron chi connectivity index (χ4n) is 0.721. The van der Waals surface area contributed by atoms with Crippen LogP contribution in [-0.4, -0.2) is 21.2 Å². The average Bonchev–Trinajstić information content (AvgIpc) is 2.03. The molecule has 0 amide bonds. The van der Waals surface area contributed by atoms with Gasteiger partial charge in [0.1, 0.15) is 0 Å². The van der Waals surface area contributed by atoms with Crippen molar-refractivity contribution in [2.24, 2.45) is 0 Å². The van der Waals surface area contributed by atoms with E-state index in [0.29, 0.717) is 5.56 Å². The van der Waals surface area contributed by atoms with Gasteiger partial charge in [-0.2, -0.15) is 0 Å². The Balaban J connectivity index is 0.00000144. The number of aromatic carboxylic acids is 1. The molecule has 0 radical (unpaired) electrons. The molecular weight excluding hydrogens is 217 g/mol. The van der Waals surface area contributed by atoms with Gasteiger partial charge < -0.3 is 10.2 Å². The lowest BCUT2D eigenvalue weighted by molar-refractivity contribution is 0.0690. The molecule has 0 saturated heterocycles. The zero-order valence-corrected chi connectivity index (χ0v) is 7.97. The number of halogens is 2. The van der Waals surface area contributed by atoms with Gasteiger partial charge in [-0.1, -0.05) is 11.6 Å². The van der Waals surface area contributed by atoms with Crippen LogP contribution in [0.1, 0.15) is 16.1 Å². The number of pyridine rings is 1. The summed E-state index contributed by atoms with van der Waals surface area (Å²) in [6.45, 7) is -0.202. The molecular formula is C7H7Cl2NO3. The molecule has 0 aromatic carbocycles. The monoisotopic (exact) mass is 223 g/mol. The van der Waals surface area contributed by atoms with Gasteiger partial charge in [-0.05, 0) is 11.6 Å². The fourth-order valence-corrected chi connectivity index (χ4v) is 0.991. The lowest BCUT2D eigenvalue weighted by atomic mass is 10.2. The first-order chi connectivity index (χ1) is 5.65. The fraction of sp³-hybridized carbons (Fsp3) is 0.143. The van der Waals surface area contributed by atoms with Crippen molar-refractivity contribution in [2.75, 3.05) is 0 Å². The molecule has 1 heterocycles. The highest BCUT2D eigenvalue weighted by Crippen LogP contribution is 2.14. The Kier molecular flexibility index (Phi) is 4.69. The Labute approximate surface area is 85.6 Å². The average molecular weight is 224 g/mol. The van der Waals surface area contributed by atoms with Crippen molar-refractivity contribution in [3.05, 3.63) is 28.5 Å². The van der Waals surface area contributed by atoms with Crippen molar-refractivity contribution in [3.8, 4) is 0 Å². The molecule has 0 saturated carbocycles. The van der Waals surface area contributed by atoms with Gasteiger partial charge in [-0.25, -0.2) is 9.78 Å². The second kappa shape index (κ2) is 5.01. The van der Waals surface area contributed by atoms with E-state index < -0.39 is 5.97 Å². The minimum Gasteiger partial charge on any atom is -0.476 e. The van der Waals surface area contributed by atoms with Gasteiger partial charge in [0, 0.05) is 6.20 Å². The number of hydrogen-bond donors (Lipinski definition) is 2. The number of carbonyl (C=O) groups is 1. The highest BCUT2D eigenvalue weighted by atomic mass is 35.5. The largest absolute Gasteiger partial charge is 0.476 e. The summed E-state index contributed by atoms with van der Waals surface area (Å²) in [4.78, 5) is 14.0. The molecule has 1 aromatic rings. The van der Waals surface area contributed by atoms with Crippen LogP contribution in [0, 0.1) is 0 Å². The van der Waals surface area contributed by atoms with E-state index in [0.717, 1.165) is 0 Å². The summed E-state index contributed by atoms with van der Waals surface area (Å²) in [5, 5.41) is 17.2. The van der Waals surface area contributed by atoms with E-state index in [4.69, 9.17) is 21.8 Å². The molecule has 0 atom stereocenters. The van der Waals surface area contributed by atoms with Crippen LogP contribution in [0.15, 0.2) is 12.3 Å². The zero-order valence-electron chi connectivity index (χ0n) is 6.40. The minimum atomic E-state index is -1.18. The van der Waals surface area contributed by atoms with Crippen LogP contribution in [0.4, 0.5) is 0 Å². The number of hydrogen-bond acceptors (Lipinski definition) is 3. The van der Waals surface area contributed by atoms with Crippen molar-refractivity contribution < 1.29 is 15.0 Å². The van der Waals surface area contributed by atoms with Crippen molar-refractivity contribution in [2.45, 2.75) is 6.61 Å². The Morgan fingerprint density at radius 1 is 1.62 bits per heavy atom. The van der Waals surface area contributed by atoms with Gasteiger partial charge in [-0.3, -0.25) is 0 Å². The minimum absolute atomic E-state index is 0. The third kappa shape index (κ3) is 2.84. The number of carboxylic acid groups (broad SMARTS) is 1.